The largest absolute Gasteiger partial charge is 0.350 e. The van der Waals surface area contributed by atoms with Crippen LogP contribution in [0.3, 0.4) is 0 Å². The molecule has 0 aliphatic rings. The van der Waals surface area contributed by atoms with Gasteiger partial charge in [0.15, 0.2) is 0 Å². The molecule has 114 valence electrons. The maximum Gasteiger partial charge on any atom is 0.251 e. The molecule has 0 spiro atoms. The van der Waals surface area contributed by atoms with Gasteiger partial charge >= 0.3 is 0 Å². The third-order valence-corrected chi connectivity index (χ3v) is 3.19. The fraction of sp³-hybridized carbons (Fsp3) is 0.176. The number of benzene rings is 2. The highest BCUT2D eigenvalue weighted by molar-refractivity contribution is 5.96. The Morgan fingerprint density at radius 1 is 0.909 bits per heavy atom. The molecule has 0 aliphatic carbocycles. The molecule has 0 saturated carbocycles. The summed E-state index contributed by atoms with van der Waals surface area (Å²) in [4.78, 5) is 23.7. The smallest absolute Gasteiger partial charge is 0.251 e. The van der Waals surface area contributed by atoms with Crippen molar-refractivity contribution in [2.45, 2.75) is 6.92 Å². The Balaban J connectivity index is 1.77. The lowest BCUT2D eigenvalue weighted by molar-refractivity contribution is 0.0927. The summed E-state index contributed by atoms with van der Waals surface area (Å²) < 4.78 is 12.8. The van der Waals surface area contributed by atoms with Crippen LogP contribution < -0.4 is 10.6 Å². The number of halogens is 1. The van der Waals surface area contributed by atoms with Crippen LogP contribution in [0.5, 0.6) is 0 Å². The number of rotatable bonds is 5. The third kappa shape index (κ3) is 4.15. The van der Waals surface area contributed by atoms with Gasteiger partial charge in [0.25, 0.3) is 11.8 Å². The van der Waals surface area contributed by atoms with E-state index < -0.39 is 0 Å². The van der Waals surface area contributed by atoms with Crippen molar-refractivity contribution in [3.63, 3.8) is 0 Å². The second kappa shape index (κ2) is 7.36. The number of aryl methyl sites for hydroxylation is 1. The van der Waals surface area contributed by atoms with Crippen LogP contribution in [0.25, 0.3) is 0 Å². The van der Waals surface area contributed by atoms with Gasteiger partial charge in [0.2, 0.25) is 0 Å². The average molecular weight is 300 g/mol. The first-order chi connectivity index (χ1) is 10.6. The van der Waals surface area contributed by atoms with E-state index in [1.807, 2.05) is 19.1 Å². The molecule has 2 rings (SSSR count). The van der Waals surface area contributed by atoms with Crippen molar-refractivity contribution in [2.75, 3.05) is 13.1 Å². The molecule has 0 aromatic heterocycles. The van der Waals surface area contributed by atoms with Gasteiger partial charge in [-0.05, 0) is 42.8 Å². The highest BCUT2D eigenvalue weighted by atomic mass is 19.1. The minimum absolute atomic E-state index is 0.172. The number of carbonyl (C=O) groups is 2. The predicted molar refractivity (Wildman–Crippen MR) is 82.2 cm³/mol. The van der Waals surface area contributed by atoms with E-state index in [9.17, 15) is 14.0 Å². The molecule has 0 saturated heterocycles. The zero-order chi connectivity index (χ0) is 15.9. The van der Waals surface area contributed by atoms with Crippen molar-refractivity contribution < 1.29 is 14.0 Å². The molecule has 0 heterocycles. The predicted octanol–water partition coefficient (Wildman–Crippen LogP) is 2.29. The van der Waals surface area contributed by atoms with E-state index in [0.717, 1.165) is 5.56 Å². The minimum Gasteiger partial charge on any atom is -0.350 e. The van der Waals surface area contributed by atoms with Crippen LogP contribution in [-0.4, -0.2) is 24.9 Å². The van der Waals surface area contributed by atoms with Crippen LogP contribution in [0.4, 0.5) is 4.39 Å². The molecule has 0 radical (unpaired) electrons. The Morgan fingerprint density at radius 3 is 2.14 bits per heavy atom. The Labute approximate surface area is 128 Å². The lowest BCUT2D eigenvalue weighted by Gasteiger charge is -2.08. The third-order valence-electron chi connectivity index (χ3n) is 3.19. The molecular weight excluding hydrogens is 283 g/mol. The number of nitrogens with one attached hydrogen (secondary N) is 2. The first kappa shape index (κ1) is 15.7. The van der Waals surface area contributed by atoms with Gasteiger partial charge in [0.05, 0.1) is 0 Å². The molecule has 0 fully saturated rings. The van der Waals surface area contributed by atoms with E-state index in [1.54, 1.807) is 12.1 Å². The maximum atomic E-state index is 12.8. The number of carbonyl (C=O) groups excluding carboxylic acids is 2. The number of hydrogen-bond acceptors (Lipinski definition) is 2. The van der Waals surface area contributed by atoms with E-state index in [1.165, 1.54) is 24.3 Å². The molecule has 22 heavy (non-hydrogen) atoms. The Morgan fingerprint density at radius 2 is 1.50 bits per heavy atom. The molecule has 2 N–H and O–H groups in total. The zero-order valence-corrected chi connectivity index (χ0v) is 12.2. The van der Waals surface area contributed by atoms with Crippen molar-refractivity contribution in [1.82, 2.24) is 10.6 Å². The highest BCUT2D eigenvalue weighted by Gasteiger charge is 2.08. The first-order valence-electron chi connectivity index (χ1n) is 6.95. The average Bonchev–Trinajstić information content (AvgIpc) is 2.52. The van der Waals surface area contributed by atoms with E-state index in [4.69, 9.17) is 0 Å². The summed E-state index contributed by atoms with van der Waals surface area (Å²) in [6, 6.07) is 12.6. The molecule has 0 atom stereocenters. The van der Waals surface area contributed by atoms with E-state index in [-0.39, 0.29) is 17.6 Å². The summed E-state index contributed by atoms with van der Waals surface area (Å²) in [6.07, 6.45) is 0. The Kier molecular flexibility index (Phi) is 5.25. The van der Waals surface area contributed by atoms with E-state index in [2.05, 4.69) is 10.6 Å². The van der Waals surface area contributed by atoms with Gasteiger partial charge in [-0.3, -0.25) is 9.59 Å². The van der Waals surface area contributed by atoms with Gasteiger partial charge in [0, 0.05) is 24.2 Å². The topological polar surface area (TPSA) is 58.2 Å². The van der Waals surface area contributed by atoms with Crippen LogP contribution in [0, 0.1) is 12.7 Å². The molecule has 2 amide bonds. The van der Waals surface area contributed by atoms with Crippen molar-refractivity contribution in [2.24, 2.45) is 0 Å². The van der Waals surface area contributed by atoms with Crippen molar-refractivity contribution in [1.29, 1.82) is 0 Å². The molecule has 5 heteroatoms. The lowest BCUT2D eigenvalue weighted by Crippen LogP contribution is -2.34. The van der Waals surface area contributed by atoms with Gasteiger partial charge in [-0.2, -0.15) is 0 Å². The van der Waals surface area contributed by atoms with Crippen molar-refractivity contribution in [3.05, 3.63) is 71.0 Å². The van der Waals surface area contributed by atoms with Gasteiger partial charge in [-0.25, -0.2) is 4.39 Å². The second-order valence-electron chi connectivity index (χ2n) is 4.83. The molecule has 0 bridgehead atoms. The summed E-state index contributed by atoms with van der Waals surface area (Å²) in [5, 5.41) is 5.41. The Hall–Kier alpha value is -2.69. The van der Waals surface area contributed by atoms with Gasteiger partial charge in [-0.1, -0.05) is 18.2 Å². The molecular formula is C17H17FN2O2. The zero-order valence-electron chi connectivity index (χ0n) is 12.2. The summed E-state index contributed by atoms with van der Waals surface area (Å²) >= 11 is 0. The van der Waals surface area contributed by atoms with Gasteiger partial charge < -0.3 is 10.6 Å². The highest BCUT2D eigenvalue weighted by Crippen LogP contribution is 2.06. The number of hydrogen-bond donors (Lipinski definition) is 2. The van der Waals surface area contributed by atoms with Crippen LogP contribution in [0.1, 0.15) is 26.3 Å². The summed E-state index contributed by atoms with van der Waals surface area (Å²) in [5.41, 5.74) is 1.90. The van der Waals surface area contributed by atoms with Gasteiger partial charge in [-0.15, -0.1) is 0 Å². The fourth-order valence-corrected chi connectivity index (χ4v) is 1.98. The summed E-state index contributed by atoms with van der Waals surface area (Å²) in [7, 11) is 0. The molecule has 2 aromatic rings. The van der Waals surface area contributed by atoms with E-state index >= 15 is 0 Å². The maximum absolute atomic E-state index is 12.8. The normalized spacial score (nSPS) is 10.1. The summed E-state index contributed by atoms with van der Waals surface area (Å²) in [5.74, 6) is -0.860. The molecule has 0 unspecified atom stereocenters. The second-order valence-corrected chi connectivity index (χ2v) is 4.83. The Bertz CT molecular complexity index is 669. The van der Waals surface area contributed by atoms with Crippen LogP contribution >= 0.6 is 0 Å². The van der Waals surface area contributed by atoms with Crippen molar-refractivity contribution >= 4 is 11.8 Å². The monoisotopic (exact) mass is 300 g/mol. The fourth-order valence-electron chi connectivity index (χ4n) is 1.98. The molecule has 4 nitrogen and oxygen atoms in total. The van der Waals surface area contributed by atoms with Crippen LogP contribution in [0.2, 0.25) is 0 Å². The quantitative estimate of drug-likeness (QED) is 0.832. The number of amides is 2. The molecule has 2 aromatic carbocycles. The SMILES string of the molecule is Cc1ccccc1C(=O)NCCNC(=O)c1ccc(F)cc1. The lowest BCUT2D eigenvalue weighted by atomic mass is 10.1. The van der Waals surface area contributed by atoms with Gasteiger partial charge in [0.1, 0.15) is 5.82 Å². The standard InChI is InChI=1S/C17H17FN2O2/c1-12-4-2-3-5-15(12)17(22)20-11-10-19-16(21)13-6-8-14(18)9-7-13/h2-9H,10-11H2,1H3,(H,19,21)(H,20,22). The first-order valence-corrected chi connectivity index (χ1v) is 6.95. The van der Waals surface area contributed by atoms with Crippen molar-refractivity contribution in [3.8, 4) is 0 Å². The molecule has 0 aliphatic heterocycles. The van der Waals surface area contributed by atoms with E-state index in [0.29, 0.717) is 24.2 Å². The van der Waals surface area contributed by atoms with Crippen LogP contribution in [-0.2, 0) is 0 Å². The summed E-state index contributed by atoms with van der Waals surface area (Å²) in [6.45, 7) is 2.49. The minimum atomic E-state index is -0.387. The van der Waals surface area contributed by atoms with Crippen LogP contribution in [0.15, 0.2) is 48.5 Å².